The van der Waals surface area contributed by atoms with Crippen LogP contribution < -0.4 is 9.64 Å². The third kappa shape index (κ3) is 4.71. The summed E-state index contributed by atoms with van der Waals surface area (Å²) >= 11 is 12.7. The summed E-state index contributed by atoms with van der Waals surface area (Å²) in [4.78, 5) is 18.6. The molecule has 1 fully saturated rings. The zero-order valence-corrected chi connectivity index (χ0v) is 23.4. The van der Waals surface area contributed by atoms with Crippen molar-refractivity contribution in [2.24, 2.45) is 0 Å². The second-order valence-corrected chi connectivity index (χ2v) is 11.2. The van der Waals surface area contributed by atoms with Gasteiger partial charge in [0.25, 0.3) is 5.91 Å². The number of halogens is 2. The molecule has 6 nitrogen and oxygen atoms in total. The Labute approximate surface area is 238 Å². The van der Waals surface area contributed by atoms with Gasteiger partial charge in [0.05, 0.1) is 12.1 Å². The van der Waals surface area contributed by atoms with Gasteiger partial charge < -0.3 is 14.2 Å². The van der Waals surface area contributed by atoms with Crippen LogP contribution in [-0.4, -0.2) is 42.7 Å². The first-order chi connectivity index (χ1) is 18.9. The van der Waals surface area contributed by atoms with E-state index < -0.39 is 0 Å². The van der Waals surface area contributed by atoms with Gasteiger partial charge in [0, 0.05) is 34.8 Å². The first-order valence-corrected chi connectivity index (χ1v) is 13.8. The van der Waals surface area contributed by atoms with Crippen molar-refractivity contribution in [2.75, 3.05) is 31.6 Å². The lowest BCUT2D eigenvalue weighted by atomic mass is 9.74. The number of aryl methyl sites for hydroxylation is 1. The van der Waals surface area contributed by atoms with Crippen LogP contribution in [0, 0.1) is 6.92 Å². The Hall–Kier alpha value is -3.32. The predicted molar refractivity (Wildman–Crippen MR) is 154 cm³/mol. The van der Waals surface area contributed by atoms with Crippen molar-refractivity contribution >= 4 is 34.8 Å². The van der Waals surface area contributed by atoms with Crippen LogP contribution in [-0.2, 0) is 12.0 Å². The van der Waals surface area contributed by atoms with Crippen LogP contribution in [0.5, 0.6) is 5.75 Å². The molecule has 3 heterocycles. The molecule has 6 rings (SSSR count). The number of carbonyl (C=O) groups is 1. The van der Waals surface area contributed by atoms with Crippen LogP contribution >= 0.6 is 23.2 Å². The molecule has 39 heavy (non-hydrogen) atoms. The predicted octanol–water partition coefficient (Wildman–Crippen LogP) is 7.16. The number of likely N-dealkylation sites (tertiary alicyclic amines) is 1. The molecule has 4 aromatic rings. The number of fused-ring (bicyclic) bond motifs is 2. The molecular weight excluding hydrogens is 533 g/mol. The van der Waals surface area contributed by atoms with Crippen molar-refractivity contribution < 1.29 is 14.1 Å². The van der Waals surface area contributed by atoms with E-state index in [1.165, 1.54) is 5.56 Å². The molecule has 0 aliphatic carbocycles. The van der Waals surface area contributed by atoms with Crippen molar-refractivity contribution in [2.45, 2.75) is 31.7 Å². The number of rotatable bonds is 5. The number of carbonyl (C=O) groups excluding carboxylic acids is 1. The van der Waals surface area contributed by atoms with Crippen LogP contribution in [0.25, 0.3) is 11.3 Å². The van der Waals surface area contributed by atoms with E-state index in [0.29, 0.717) is 34.1 Å². The summed E-state index contributed by atoms with van der Waals surface area (Å²) in [6.45, 7) is 5.05. The van der Waals surface area contributed by atoms with Crippen molar-refractivity contribution in [3.63, 3.8) is 0 Å². The molecule has 1 amide bonds. The van der Waals surface area contributed by atoms with E-state index in [2.05, 4.69) is 22.2 Å². The molecule has 2 aliphatic heterocycles. The quantitative estimate of drug-likeness (QED) is 0.258. The third-order valence-corrected chi connectivity index (χ3v) is 8.65. The Bertz CT molecular complexity index is 1540. The number of anilines is 1. The molecular formula is C31H29Cl2N3O3. The topological polar surface area (TPSA) is 58.8 Å². The number of amides is 1. The van der Waals surface area contributed by atoms with Crippen molar-refractivity contribution in [1.82, 2.24) is 10.1 Å². The lowest BCUT2D eigenvalue weighted by Crippen LogP contribution is -2.45. The van der Waals surface area contributed by atoms with Gasteiger partial charge in [-0.2, -0.15) is 0 Å². The van der Waals surface area contributed by atoms with Crippen molar-refractivity contribution in [1.29, 1.82) is 0 Å². The summed E-state index contributed by atoms with van der Waals surface area (Å²) in [5.74, 6) is 1.14. The molecule has 1 aromatic heterocycles. The summed E-state index contributed by atoms with van der Waals surface area (Å²) in [6.07, 6.45) is 1.86. The Balaban J connectivity index is 1.32. The summed E-state index contributed by atoms with van der Waals surface area (Å²) < 4.78 is 11.1. The van der Waals surface area contributed by atoms with E-state index >= 15 is 0 Å². The van der Waals surface area contributed by atoms with E-state index in [1.807, 2.05) is 53.4 Å². The molecule has 0 N–H and O–H groups in total. The van der Waals surface area contributed by atoms with Gasteiger partial charge in [-0.3, -0.25) is 9.69 Å². The molecule has 0 radical (unpaired) electrons. The van der Waals surface area contributed by atoms with E-state index in [1.54, 1.807) is 20.1 Å². The number of piperidine rings is 1. The number of benzene rings is 3. The van der Waals surface area contributed by atoms with E-state index in [4.69, 9.17) is 32.5 Å². The zero-order valence-electron chi connectivity index (χ0n) is 21.9. The number of methoxy groups -OCH3 is 1. The molecule has 2 aliphatic rings. The highest BCUT2D eigenvalue weighted by molar-refractivity contribution is 6.33. The number of hydrogen-bond donors (Lipinski definition) is 0. The number of aromatic nitrogens is 1. The number of ether oxygens (including phenoxy) is 1. The van der Waals surface area contributed by atoms with Gasteiger partial charge in [-0.1, -0.05) is 58.7 Å². The summed E-state index contributed by atoms with van der Waals surface area (Å²) in [5, 5.41) is 5.52. The van der Waals surface area contributed by atoms with Gasteiger partial charge in [0.2, 0.25) is 0 Å². The standard InChI is InChI=1S/C31H29Cl2N3O3/c1-20-28(29(34-39-20)24-8-3-4-9-26(24)33)30(37)36-19-31(25-17-23(38-2)10-11-27(25)36)12-14-35(15-13-31)18-21-6-5-7-22(32)16-21/h3-11,16-17H,12-15,18-19H2,1-2H3. The highest BCUT2D eigenvalue weighted by Crippen LogP contribution is 2.49. The minimum atomic E-state index is -0.167. The maximum Gasteiger partial charge on any atom is 0.264 e. The fourth-order valence-corrected chi connectivity index (χ4v) is 6.45. The van der Waals surface area contributed by atoms with Crippen LogP contribution in [0.15, 0.2) is 71.3 Å². The van der Waals surface area contributed by atoms with E-state index in [9.17, 15) is 4.79 Å². The van der Waals surface area contributed by atoms with Gasteiger partial charge in [-0.05, 0) is 80.4 Å². The molecule has 1 saturated heterocycles. The highest BCUT2D eigenvalue weighted by atomic mass is 35.5. The summed E-state index contributed by atoms with van der Waals surface area (Å²) in [6, 6.07) is 21.4. The van der Waals surface area contributed by atoms with E-state index in [-0.39, 0.29) is 11.3 Å². The molecule has 3 aromatic carbocycles. The first kappa shape index (κ1) is 25.9. The average molecular weight is 562 g/mol. The van der Waals surface area contributed by atoms with Gasteiger partial charge in [-0.25, -0.2) is 0 Å². The lowest BCUT2D eigenvalue weighted by Gasteiger charge is -2.40. The van der Waals surface area contributed by atoms with Crippen LogP contribution in [0.1, 0.15) is 40.1 Å². The molecule has 1 spiro atoms. The van der Waals surface area contributed by atoms with E-state index in [0.717, 1.165) is 54.5 Å². The lowest BCUT2D eigenvalue weighted by molar-refractivity contribution is 0.0974. The minimum absolute atomic E-state index is 0.131. The smallest absolute Gasteiger partial charge is 0.264 e. The first-order valence-electron chi connectivity index (χ1n) is 13.1. The summed E-state index contributed by atoms with van der Waals surface area (Å²) in [5.41, 5.74) is 4.70. The number of nitrogens with zero attached hydrogens (tertiary/aromatic N) is 3. The largest absolute Gasteiger partial charge is 0.497 e. The Morgan fingerprint density at radius 3 is 2.59 bits per heavy atom. The average Bonchev–Trinajstić information content (AvgIpc) is 3.47. The molecule has 8 heteroatoms. The Kier molecular flexibility index (Phi) is 6.88. The highest BCUT2D eigenvalue weighted by Gasteiger charge is 2.47. The zero-order chi connectivity index (χ0) is 27.1. The third-order valence-electron chi connectivity index (χ3n) is 8.09. The molecule has 0 saturated carbocycles. The van der Waals surface area contributed by atoms with Gasteiger partial charge in [0.15, 0.2) is 0 Å². The maximum atomic E-state index is 14.2. The monoisotopic (exact) mass is 561 g/mol. The van der Waals surface area contributed by atoms with Gasteiger partial charge in [0.1, 0.15) is 22.8 Å². The Morgan fingerprint density at radius 2 is 1.85 bits per heavy atom. The van der Waals surface area contributed by atoms with Gasteiger partial charge in [-0.15, -0.1) is 0 Å². The fraction of sp³-hybridized carbons (Fsp3) is 0.290. The van der Waals surface area contributed by atoms with Gasteiger partial charge >= 0.3 is 0 Å². The van der Waals surface area contributed by atoms with Crippen LogP contribution in [0.4, 0.5) is 5.69 Å². The van der Waals surface area contributed by atoms with Crippen molar-refractivity contribution in [3.8, 4) is 17.0 Å². The SMILES string of the molecule is COc1ccc2c(c1)C1(CCN(Cc3cccc(Cl)c3)CC1)CN2C(=O)c1c(-c2ccccc2Cl)noc1C. The Morgan fingerprint density at radius 1 is 1.05 bits per heavy atom. The molecule has 200 valence electrons. The second kappa shape index (κ2) is 10.3. The maximum absolute atomic E-state index is 14.2. The van der Waals surface area contributed by atoms with Crippen molar-refractivity contribution in [3.05, 3.63) is 99.2 Å². The molecule has 0 unspecified atom stereocenters. The van der Waals surface area contributed by atoms with Crippen LogP contribution in [0.3, 0.4) is 0 Å². The second-order valence-electron chi connectivity index (χ2n) is 10.4. The van der Waals surface area contributed by atoms with Crippen LogP contribution in [0.2, 0.25) is 10.0 Å². The molecule has 0 atom stereocenters. The molecule has 0 bridgehead atoms. The normalized spacial score (nSPS) is 16.5. The number of hydrogen-bond acceptors (Lipinski definition) is 5. The fourth-order valence-electron chi connectivity index (χ4n) is 6.01. The summed E-state index contributed by atoms with van der Waals surface area (Å²) in [7, 11) is 1.68. The minimum Gasteiger partial charge on any atom is -0.497 e.